The minimum absolute atomic E-state index is 0.0825. The molecule has 6 nitrogen and oxygen atoms in total. The van der Waals surface area contributed by atoms with Gasteiger partial charge in [-0.25, -0.2) is 4.98 Å². The lowest BCUT2D eigenvalue weighted by atomic mass is 10.0. The summed E-state index contributed by atoms with van der Waals surface area (Å²) in [5, 5.41) is 2.50. The van der Waals surface area contributed by atoms with Crippen molar-refractivity contribution in [3.05, 3.63) is 88.5 Å². The van der Waals surface area contributed by atoms with Crippen LogP contribution >= 0.6 is 0 Å². The molecule has 1 amide bonds. The normalized spacial score (nSPS) is 12.2. The molecule has 0 saturated heterocycles. The molecule has 0 aliphatic rings. The Morgan fingerprint density at radius 2 is 1.70 bits per heavy atom. The summed E-state index contributed by atoms with van der Waals surface area (Å²) in [5.74, 6) is 0.508. The number of ether oxygens (including phenoxy) is 1. The van der Waals surface area contributed by atoms with Crippen LogP contribution in [0.4, 0.5) is 0 Å². The molecule has 1 atom stereocenters. The van der Waals surface area contributed by atoms with Crippen molar-refractivity contribution in [1.29, 1.82) is 0 Å². The maximum atomic E-state index is 13.9. The lowest BCUT2D eigenvalue weighted by Gasteiger charge is -2.32. The Morgan fingerprint density at radius 3 is 2.42 bits per heavy atom. The standard InChI is InChI=1S/C27H29N3O3/c1-4-24(25-28-23-16-9-8-14-22(23)27(32)29(25)5-2)30(17-18-33-3)26(31)21-15-10-12-19-11-6-7-13-20(19)21/h6-16,24H,4-5,17-18H2,1-3H3. The van der Waals surface area contributed by atoms with Crippen molar-refractivity contribution in [1.82, 2.24) is 14.5 Å². The van der Waals surface area contributed by atoms with Crippen LogP contribution in [0.25, 0.3) is 21.7 Å². The number of carbonyl (C=O) groups excluding carboxylic acids is 1. The van der Waals surface area contributed by atoms with Crippen molar-refractivity contribution in [3.63, 3.8) is 0 Å². The van der Waals surface area contributed by atoms with Crippen molar-refractivity contribution < 1.29 is 9.53 Å². The van der Waals surface area contributed by atoms with Gasteiger partial charge in [0, 0.05) is 25.8 Å². The molecule has 0 bridgehead atoms. The highest BCUT2D eigenvalue weighted by molar-refractivity contribution is 6.07. The predicted octanol–water partition coefficient (Wildman–Crippen LogP) is 4.81. The minimum Gasteiger partial charge on any atom is -0.383 e. The lowest BCUT2D eigenvalue weighted by Crippen LogP contribution is -2.40. The van der Waals surface area contributed by atoms with Gasteiger partial charge in [0.05, 0.1) is 23.6 Å². The number of hydrogen-bond acceptors (Lipinski definition) is 4. The largest absolute Gasteiger partial charge is 0.383 e. The first kappa shape index (κ1) is 22.7. The van der Waals surface area contributed by atoms with E-state index in [9.17, 15) is 9.59 Å². The highest BCUT2D eigenvalue weighted by Crippen LogP contribution is 2.28. The molecule has 6 heteroatoms. The first-order valence-corrected chi connectivity index (χ1v) is 11.4. The Balaban J connectivity index is 1.87. The Kier molecular flexibility index (Phi) is 6.84. The van der Waals surface area contributed by atoms with Crippen LogP contribution in [0, 0.1) is 0 Å². The molecular weight excluding hydrogens is 414 g/mol. The van der Waals surface area contributed by atoms with E-state index in [1.54, 1.807) is 22.6 Å². The molecule has 0 aliphatic heterocycles. The molecule has 1 heterocycles. The molecule has 0 N–H and O–H groups in total. The van der Waals surface area contributed by atoms with Gasteiger partial charge in [0.25, 0.3) is 11.5 Å². The molecular formula is C27H29N3O3. The van der Waals surface area contributed by atoms with Gasteiger partial charge in [-0.3, -0.25) is 14.2 Å². The van der Waals surface area contributed by atoms with Crippen molar-refractivity contribution in [3.8, 4) is 0 Å². The summed E-state index contributed by atoms with van der Waals surface area (Å²) in [6, 6.07) is 20.6. The van der Waals surface area contributed by atoms with E-state index >= 15 is 0 Å². The highest BCUT2D eigenvalue weighted by Gasteiger charge is 2.29. The van der Waals surface area contributed by atoms with Gasteiger partial charge in [-0.15, -0.1) is 0 Å². The number of aromatic nitrogens is 2. The van der Waals surface area contributed by atoms with Gasteiger partial charge in [-0.1, -0.05) is 55.5 Å². The van der Waals surface area contributed by atoms with Crippen molar-refractivity contribution in [2.24, 2.45) is 0 Å². The number of amides is 1. The smallest absolute Gasteiger partial charge is 0.261 e. The predicted molar refractivity (Wildman–Crippen MR) is 132 cm³/mol. The topological polar surface area (TPSA) is 64.4 Å². The monoisotopic (exact) mass is 443 g/mol. The zero-order chi connectivity index (χ0) is 23.4. The van der Waals surface area contributed by atoms with E-state index in [2.05, 4.69) is 0 Å². The van der Waals surface area contributed by atoms with Crippen molar-refractivity contribution in [2.45, 2.75) is 32.9 Å². The molecule has 0 radical (unpaired) electrons. The first-order chi connectivity index (χ1) is 16.1. The molecule has 0 aliphatic carbocycles. The second-order valence-corrected chi connectivity index (χ2v) is 7.98. The third kappa shape index (κ3) is 4.26. The molecule has 4 aromatic rings. The summed E-state index contributed by atoms with van der Waals surface area (Å²) >= 11 is 0. The summed E-state index contributed by atoms with van der Waals surface area (Å²) in [4.78, 5) is 33.9. The van der Waals surface area contributed by atoms with E-state index in [0.29, 0.717) is 48.4 Å². The van der Waals surface area contributed by atoms with Gasteiger partial charge >= 0.3 is 0 Å². The van der Waals surface area contributed by atoms with Crippen LogP contribution in [0.1, 0.15) is 42.5 Å². The summed E-state index contributed by atoms with van der Waals surface area (Å²) < 4.78 is 7.03. The van der Waals surface area contributed by atoms with Crippen LogP contribution in [-0.4, -0.2) is 40.6 Å². The van der Waals surface area contributed by atoms with E-state index < -0.39 is 0 Å². The van der Waals surface area contributed by atoms with E-state index in [1.807, 2.05) is 74.5 Å². The van der Waals surface area contributed by atoms with Crippen LogP contribution in [0.3, 0.4) is 0 Å². The van der Waals surface area contributed by atoms with Crippen LogP contribution < -0.4 is 5.56 Å². The molecule has 170 valence electrons. The van der Waals surface area contributed by atoms with Crippen LogP contribution in [0.2, 0.25) is 0 Å². The SMILES string of the molecule is CCC(c1nc2ccccc2c(=O)n1CC)N(CCOC)C(=O)c1cccc2ccccc12. The number of carbonyl (C=O) groups is 1. The van der Waals surface area contributed by atoms with Crippen LogP contribution in [-0.2, 0) is 11.3 Å². The zero-order valence-electron chi connectivity index (χ0n) is 19.3. The minimum atomic E-state index is -0.371. The molecule has 1 aromatic heterocycles. The molecule has 0 saturated carbocycles. The maximum absolute atomic E-state index is 13.9. The van der Waals surface area contributed by atoms with Gasteiger partial charge in [0.15, 0.2) is 0 Å². The van der Waals surface area contributed by atoms with Gasteiger partial charge in [0.1, 0.15) is 5.82 Å². The second kappa shape index (κ2) is 9.96. The van der Waals surface area contributed by atoms with Crippen LogP contribution in [0.15, 0.2) is 71.5 Å². The molecule has 0 fully saturated rings. The number of benzene rings is 3. The summed E-state index contributed by atoms with van der Waals surface area (Å²) in [6.45, 7) is 5.20. The van der Waals surface area contributed by atoms with Crippen molar-refractivity contribution in [2.75, 3.05) is 20.3 Å². The number of nitrogens with zero attached hydrogens (tertiary/aromatic N) is 3. The number of methoxy groups -OCH3 is 1. The summed E-state index contributed by atoms with van der Waals surface area (Å²) in [7, 11) is 1.62. The third-order valence-corrected chi connectivity index (χ3v) is 6.09. The van der Waals surface area contributed by atoms with Gasteiger partial charge in [-0.2, -0.15) is 0 Å². The Hall–Kier alpha value is -3.51. The fourth-order valence-electron chi connectivity index (χ4n) is 4.44. The summed E-state index contributed by atoms with van der Waals surface area (Å²) in [5.41, 5.74) is 1.19. The highest BCUT2D eigenvalue weighted by atomic mass is 16.5. The number of rotatable bonds is 8. The Morgan fingerprint density at radius 1 is 1.00 bits per heavy atom. The molecule has 3 aromatic carbocycles. The van der Waals surface area contributed by atoms with Gasteiger partial charge in [0.2, 0.25) is 0 Å². The number of fused-ring (bicyclic) bond motifs is 2. The Labute approximate surface area is 193 Å². The van der Waals surface area contributed by atoms with Crippen LogP contribution in [0.5, 0.6) is 0 Å². The van der Waals surface area contributed by atoms with Gasteiger partial charge in [-0.05, 0) is 42.3 Å². The Bertz CT molecular complexity index is 1340. The van der Waals surface area contributed by atoms with E-state index in [1.165, 1.54) is 0 Å². The molecule has 33 heavy (non-hydrogen) atoms. The lowest BCUT2D eigenvalue weighted by molar-refractivity contribution is 0.0578. The first-order valence-electron chi connectivity index (χ1n) is 11.4. The van der Waals surface area contributed by atoms with E-state index in [4.69, 9.17) is 9.72 Å². The molecule has 4 rings (SSSR count). The number of para-hydroxylation sites is 1. The van der Waals surface area contributed by atoms with E-state index in [0.717, 1.165) is 10.8 Å². The van der Waals surface area contributed by atoms with Crippen molar-refractivity contribution >= 4 is 27.6 Å². The summed E-state index contributed by atoms with van der Waals surface area (Å²) in [6.07, 6.45) is 0.616. The average molecular weight is 444 g/mol. The number of hydrogen-bond donors (Lipinski definition) is 0. The van der Waals surface area contributed by atoms with E-state index in [-0.39, 0.29) is 17.5 Å². The average Bonchev–Trinajstić information content (AvgIpc) is 2.86. The maximum Gasteiger partial charge on any atom is 0.261 e. The molecule has 1 unspecified atom stereocenters. The zero-order valence-corrected chi connectivity index (χ0v) is 19.3. The third-order valence-electron chi connectivity index (χ3n) is 6.09. The molecule has 0 spiro atoms. The fraction of sp³-hybridized carbons (Fsp3) is 0.296. The fourth-order valence-corrected chi connectivity index (χ4v) is 4.44. The van der Waals surface area contributed by atoms with Gasteiger partial charge < -0.3 is 9.64 Å². The second-order valence-electron chi connectivity index (χ2n) is 7.98. The quantitative estimate of drug-likeness (QED) is 0.392.